The van der Waals surface area contributed by atoms with E-state index in [1.165, 1.54) is 16.7 Å². The molecule has 0 bridgehead atoms. The first-order chi connectivity index (χ1) is 8.52. The Kier molecular flexibility index (Phi) is 3.91. The van der Waals surface area contributed by atoms with E-state index in [2.05, 4.69) is 26.2 Å². The molecule has 0 saturated carbocycles. The van der Waals surface area contributed by atoms with E-state index in [-0.39, 0.29) is 23.6 Å². The number of anilines is 2. The maximum atomic E-state index is 12.2. The molecule has 0 radical (unpaired) electrons. The zero-order chi connectivity index (χ0) is 13.3. The summed E-state index contributed by atoms with van der Waals surface area (Å²) in [4.78, 5) is 29.4. The summed E-state index contributed by atoms with van der Waals surface area (Å²) >= 11 is 4.77. The SMILES string of the molecule is CSC(C)C(=O)N1CC(=O)Nc2ncc(Br)cc21. The second kappa shape index (κ2) is 5.27. The third-order valence-electron chi connectivity index (χ3n) is 2.65. The van der Waals surface area contributed by atoms with Crippen LogP contribution in [0.5, 0.6) is 0 Å². The van der Waals surface area contributed by atoms with Gasteiger partial charge in [0.1, 0.15) is 6.54 Å². The average molecular weight is 330 g/mol. The van der Waals surface area contributed by atoms with Crippen molar-refractivity contribution in [3.8, 4) is 0 Å². The van der Waals surface area contributed by atoms with Crippen LogP contribution < -0.4 is 10.2 Å². The van der Waals surface area contributed by atoms with E-state index in [1.54, 1.807) is 12.3 Å². The summed E-state index contributed by atoms with van der Waals surface area (Å²) in [6, 6.07) is 1.78. The first-order valence-electron chi connectivity index (χ1n) is 5.32. The van der Waals surface area contributed by atoms with Gasteiger partial charge >= 0.3 is 0 Å². The lowest BCUT2D eigenvalue weighted by molar-refractivity contribution is -0.121. The zero-order valence-electron chi connectivity index (χ0n) is 9.94. The molecule has 1 aromatic heterocycles. The lowest BCUT2D eigenvalue weighted by atomic mass is 10.2. The number of halogens is 1. The van der Waals surface area contributed by atoms with Gasteiger partial charge < -0.3 is 5.32 Å². The summed E-state index contributed by atoms with van der Waals surface area (Å²) in [6.07, 6.45) is 3.46. The first kappa shape index (κ1) is 13.4. The van der Waals surface area contributed by atoms with Crippen molar-refractivity contribution >= 4 is 51.0 Å². The molecule has 1 N–H and O–H groups in total. The molecule has 1 aromatic rings. The summed E-state index contributed by atoms with van der Waals surface area (Å²) in [5.74, 6) is 0.119. The molecule has 2 heterocycles. The van der Waals surface area contributed by atoms with Gasteiger partial charge in [0.25, 0.3) is 0 Å². The molecule has 0 aliphatic carbocycles. The fourth-order valence-electron chi connectivity index (χ4n) is 1.65. The van der Waals surface area contributed by atoms with E-state index in [9.17, 15) is 9.59 Å². The molecule has 2 amide bonds. The van der Waals surface area contributed by atoms with Gasteiger partial charge in [0.05, 0.1) is 10.9 Å². The summed E-state index contributed by atoms with van der Waals surface area (Å²) < 4.78 is 0.770. The number of rotatable bonds is 2. The summed E-state index contributed by atoms with van der Waals surface area (Å²) in [5, 5.41) is 2.47. The number of thioether (sulfide) groups is 1. The van der Waals surface area contributed by atoms with Gasteiger partial charge in [0.15, 0.2) is 5.82 Å². The minimum Gasteiger partial charge on any atom is -0.307 e. The van der Waals surface area contributed by atoms with Crippen LogP contribution in [0.1, 0.15) is 6.92 Å². The van der Waals surface area contributed by atoms with Gasteiger partial charge in [-0.3, -0.25) is 14.5 Å². The monoisotopic (exact) mass is 329 g/mol. The van der Waals surface area contributed by atoms with Crippen LogP contribution in [0.25, 0.3) is 0 Å². The van der Waals surface area contributed by atoms with E-state index in [1.807, 2.05) is 13.2 Å². The van der Waals surface area contributed by atoms with Crippen molar-refractivity contribution in [1.82, 2.24) is 4.98 Å². The molecule has 0 saturated heterocycles. The number of amides is 2. The largest absolute Gasteiger partial charge is 0.307 e. The standard InChI is InChI=1S/C11H12BrN3O2S/c1-6(18-2)11(17)15-5-9(16)14-10-8(15)3-7(12)4-13-10/h3-4,6H,5H2,1-2H3,(H,13,14,16). The molecule has 0 fully saturated rings. The van der Waals surface area contributed by atoms with Gasteiger partial charge in [-0.2, -0.15) is 11.8 Å². The van der Waals surface area contributed by atoms with Crippen LogP contribution >= 0.6 is 27.7 Å². The van der Waals surface area contributed by atoms with Crippen LogP contribution in [0, 0.1) is 0 Å². The van der Waals surface area contributed by atoms with Crippen LogP contribution in [0.4, 0.5) is 11.5 Å². The topological polar surface area (TPSA) is 62.3 Å². The highest BCUT2D eigenvalue weighted by atomic mass is 79.9. The number of nitrogens with zero attached hydrogens (tertiary/aromatic N) is 2. The molecule has 96 valence electrons. The highest BCUT2D eigenvalue weighted by Crippen LogP contribution is 2.31. The van der Waals surface area contributed by atoms with Gasteiger partial charge in [-0.1, -0.05) is 0 Å². The number of nitrogens with one attached hydrogen (secondary N) is 1. The number of fused-ring (bicyclic) bond motifs is 1. The molecule has 7 heteroatoms. The molecule has 1 aliphatic rings. The minimum absolute atomic E-state index is 0.0366. The Morgan fingerprint density at radius 2 is 2.39 bits per heavy atom. The minimum atomic E-state index is -0.223. The Morgan fingerprint density at radius 1 is 1.67 bits per heavy atom. The lowest BCUT2D eigenvalue weighted by Gasteiger charge is -2.30. The van der Waals surface area contributed by atoms with Gasteiger partial charge in [-0.15, -0.1) is 0 Å². The number of aromatic nitrogens is 1. The first-order valence-corrected chi connectivity index (χ1v) is 7.40. The van der Waals surface area contributed by atoms with Crippen LogP contribution in [-0.2, 0) is 9.59 Å². The van der Waals surface area contributed by atoms with Gasteiger partial charge in [0.2, 0.25) is 11.8 Å². The van der Waals surface area contributed by atoms with Crippen molar-refractivity contribution in [1.29, 1.82) is 0 Å². The van der Waals surface area contributed by atoms with Crippen molar-refractivity contribution in [3.63, 3.8) is 0 Å². The van der Waals surface area contributed by atoms with Crippen molar-refractivity contribution in [2.75, 3.05) is 23.0 Å². The number of hydrogen-bond donors (Lipinski definition) is 1. The van der Waals surface area contributed by atoms with Crippen LogP contribution in [0.15, 0.2) is 16.7 Å². The third kappa shape index (κ3) is 2.51. The number of pyridine rings is 1. The van der Waals surface area contributed by atoms with Gasteiger partial charge in [-0.25, -0.2) is 4.98 Å². The molecule has 1 atom stereocenters. The highest BCUT2D eigenvalue weighted by molar-refractivity contribution is 9.10. The second-order valence-electron chi connectivity index (χ2n) is 3.87. The summed E-state index contributed by atoms with van der Waals surface area (Å²) in [7, 11) is 0. The molecular formula is C11H12BrN3O2S. The van der Waals surface area contributed by atoms with Crippen molar-refractivity contribution in [2.45, 2.75) is 12.2 Å². The van der Waals surface area contributed by atoms with Crippen LogP contribution in [0.3, 0.4) is 0 Å². The van der Waals surface area contributed by atoms with Crippen molar-refractivity contribution < 1.29 is 9.59 Å². The average Bonchev–Trinajstić information content (AvgIpc) is 2.36. The second-order valence-corrected chi connectivity index (χ2v) is 5.97. The number of carbonyl (C=O) groups is 2. The fraction of sp³-hybridized carbons (Fsp3) is 0.364. The lowest BCUT2D eigenvalue weighted by Crippen LogP contribution is -2.45. The maximum Gasteiger partial charge on any atom is 0.245 e. The molecule has 5 nitrogen and oxygen atoms in total. The van der Waals surface area contributed by atoms with Gasteiger partial charge in [-0.05, 0) is 35.2 Å². The molecule has 0 aromatic carbocycles. The Balaban J connectivity index is 2.41. The Bertz CT molecular complexity index is 509. The molecule has 0 spiro atoms. The van der Waals surface area contributed by atoms with E-state index in [0.29, 0.717) is 11.5 Å². The van der Waals surface area contributed by atoms with E-state index in [0.717, 1.165) is 4.47 Å². The summed E-state index contributed by atoms with van der Waals surface area (Å²) in [6.45, 7) is 1.86. The molecular weight excluding hydrogens is 318 g/mol. The van der Waals surface area contributed by atoms with Crippen LogP contribution in [-0.4, -0.2) is 34.8 Å². The highest BCUT2D eigenvalue weighted by Gasteiger charge is 2.30. The van der Waals surface area contributed by atoms with Crippen molar-refractivity contribution in [2.24, 2.45) is 0 Å². The van der Waals surface area contributed by atoms with E-state index < -0.39 is 0 Å². The number of hydrogen-bond acceptors (Lipinski definition) is 4. The van der Waals surface area contributed by atoms with Crippen molar-refractivity contribution in [3.05, 3.63) is 16.7 Å². The Morgan fingerprint density at radius 3 is 3.06 bits per heavy atom. The predicted molar refractivity (Wildman–Crippen MR) is 75.9 cm³/mol. The third-order valence-corrected chi connectivity index (χ3v) is 3.99. The zero-order valence-corrected chi connectivity index (χ0v) is 12.3. The van der Waals surface area contributed by atoms with Crippen LogP contribution in [0.2, 0.25) is 0 Å². The molecule has 1 unspecified atom stereocenters. The quantitative estimate of drug-likeness (QED) is 0.899. The van der Waals surface area contributed by atoms with E-state index in [4.69, 9.17) is 0 Å². The Hall–Kier alpha value is -1.08. The predicted octanol–water partition coefficient (Wildman–Crippen LogP) is 1.88. The summed E-state index contributed by atoms with van der Waals surface area (Å²) in [5.41, 5.74) is 0.634. The maximum absolute atomic E-state index is 12.2. The smallest absolute Gasteiger partial charge is 0.245 e. The molecule has 1 aliphatic heterocycles. The fourth-order valence-corrected chi connectivity index (χ4v) is 2.30. The van der Waals surface area contributed by atoms with Gasteiger partial charge in [0, 0.05) is 10.7 Å². The molecule has 2 rings (SSSR count). The number of carbonyl (C=O) groups excluding carboxylic acids is 2. The normalized spacial score (nSPS) is 15.9. The Labute approximate surface area is 117 Å². The molecule has 18 heavy (non-hydrogen) atoms. The van der Waals surface area contributed by atoms with E-state index >= 15 is 0 Å².